The van der Waals surface area contributed by atoms with Gasteiger partial charge in [0.1, 0.15) is 11.4 Å². The number of aliphatic hydroxyl groups excluding tert-OH is 1. The number of hydrogen-bond acceptors (Lipinski definition) is 5. The summed E-state index contributed by atoms with van der Waals surface area (Å²) in [5.41, 5.74) is 6.66. The minimum atomic E-state index is -0.803. The van der Waals surface area contributed by atoms with Crippen molar-refractivity contribution < 1.29 is 20.4 Å². The molecular formula is C24H18N3O3S+. The smallest absolute Gasteiger partial charge is 0.301 e. The maximum atomic E-state index is 13.2. The molecule has 0 saturated carbocycles. The fourth-order valence-electron chi connectivity index (χ4n) is 3.82. The SMILES string of the molecule is [NH3+]c1cccc(C2/C(=C(/O)c3ccccc3)C(=O)C(=O)N2c2nc3ccccc3s2)c1. The van der Waals surface area contributed by atoms with Crippen molar-refractivity contribution in [2.24, 2.45) is 0 Å². The third-order valence-electron chi connectivity index (χ3n) is 5.25. The highest BCUT2D eigenvalue weighted by molar-refractivity contribution is 7.22. The second-order valence-electron chi connectivity index (χ2n) is 7.24. The molecule has 4 aromatic rings. The predicted octanol–water partition coefficient (Wildman–Crippen LogP) is 3.80. The summed E-state index contributed by atoms with van der Waals surface area (Å²) in [6.07, 6.45) is 0. The molecule has 0 radical (unpaired) electrons. The standard InChI is InChI=1S/C24H17N3O3S/c25-16-10-6-9-15(13-16)20-19(21(28)14-7-2-1-3-8-14)22(29)23(30)27(20)24-26-17-11-4-5-12-18(17)31-24/h1-13,20,28H,25H2/p+1/b21-19-. The summed E-state index contributed by atoms with van der Waals surface area (Å²) in [5, 5.41) is 11.5. The molecule has 1 fully saturated rings. The number of ketones is 1. The third kappa shape index (κ3) is 3.20. The molecule has 1 aromatic heterocycles. The van der Waals surface area contributed by atoms with Crippen LogP contribution in [0.4, 0.5) is 10.8 Å². The van der Waals surface area contributed by atoms with E-state index in [1.54, 1.807) is 24.3 Å². The van der Waals surface area contributed by atoms with Gasteiger partial charge in [0.15, 0.2) is 5.13 Å². The number of para-hydroxylation sites is 1. The van der Waals surface area contributed by atoms with Crippen LogP contribution in [-0.4, -0.2) is 21.8 Å². The van der Waals surface area contributed by atoms with Crippen molar-refractivity contribution in [3.8, 4) is 0 Å². The van der Waals surface area contributed by atoms with Crippen molar-refractivity contribution in [1.29, 1.82) is 0 Å². The fourth-order valence-corrected chi connectivity index (χ4v) is 4.82. The number of nitrogens with zero attached hydrogens (tertiary/aromatic N) is 2. The number of aliphatic hydroxyl groups is 1. The molecule has 1 saturated heterocycles. The summed E-state index contributed by atoms with van der Waals surface area (Å²) in [6, 6.07) is 22.8. The van der Waals surface area contributed by atoms with Crippen LogP contribution in [0.1, 0.15) is 17.2 Å². The lowest BCUT2D eigenvalue weighted by molar-refractivity contribution is -0.254. The third-order valence-corrected chi connectivity index (χ3v) is 6.28. The maximum Gasteiger partial charge on any atom is 0.301 e. The Morgan fingerprint density at radius 3 is 2.45 bits per heavy atom. The number of anilines is 1. The molecule has 1 unspecified atom stereocenters. The fraction of sp³-hybridized carbons (Fsp3) is 0.0417. The van der Waals surface area contributed by atoms with Gasteiger partial charge in [-0.1, -0.05) is 65.9 Å². The number of carbonyl (C=O) groups excluding carboxylic acids is 2. The Balaban J connectivity index is 1.75. The Morgan fingerprint density at radius 2 is 1.71 bits per heavy atom. The van der Waals surface area contributed by atoms with Gasteiger partial charge in [0, 0.05) is 11.6 Å². The van der Waals surface area contributed by atoms with Crippen molar-refractivity contribution in [3.63, 3.8) is 0 Å². The second kappa shape index (κ2) is 7.46. The van der Waals surface area contributed by atoms with E-state index >= 15 is 0 Å². The van der Waals surface area contributed by atoms with Crippen LogP contribution < -0.4 is 10.6 Å². The van der Waals surface area contributed by atoms with Gasteiger partial charge >= 0.3 is 5.91 Å². The van der Waals surface area contributed by atoms with Gasteiger partial charge in [-0.05, 0) is 23.8 Å². The molecule has 0 aliphatic carbocycles. The number of amides is 1. The molecule has 1 atom stereocenters. The van der Waals surface area contributed by atoms with Gasteiger partial charge < -0.3 is 10.8 Å². The molecule has 4 N–H and O–H groups in total. The molecular weight excluding hydrogens is 410 g/mol. The number of benzene rings is 3. The number of Topliss-reactive ketones (excluding diaryl/α,β-unsaturated/α-hetero) is 1. The summed E-state index contributed by atoms with van der Waals surface area (Å²) < 4.78 is 0.909. The Bertz CT molecular complexity index is 1330. The summed E-state index contributed by atoms with van der Waals surface area (Å²) in [6.45, 7) is 0. The zero-order valence-corrected chi connectivity index (χ0v) is 17.2. The molecule has 0 bridgehead atoms. The van der Waals surface area contributed by atoms with E-state index in [4.69, 9.17) is 0 Å². The predicted molar refractivity (Wildman–Crippen MR) is 120 cm³/mol. The lowest BCUT2D eigenvalue weighted by Crippen LogP contribution is -2.40. The Morgan fingerprint density at radius 1 is 0.968 bits per heavy atom. The Hall–Kier alpha value is -3.81. The van der Waals surface area contributed by atoms with E-state index in [2.05, 4.69) is 10.7 Å². The zero-order valence-electron chi connectivity index (χ0n) is 16.4. The van der Waals surface area contributed by atoms with Crippen molar-refractivity contribution in [1.82, 2.24) is 4.98 Å². The Kier molecular flexibility index (Phi) is 4.62. The molecule has 7 heteroatoms. The summed E-state index contributed by atoms with van der Waals surface area (Å²) in [4.78, 5) is 32.3. The molecule has 1 aliphatic rings. The number of thiazole rings is 1. The first-order valence-electron chi connectivity index (χ1n) is 9.68. The van der Waals surface area contributed by atoms with Crippen LogP contribution in [0, 0.1) is 0 Å². The van der Waals surface area contributed by atoms with Gasteiger partial charge in [0.05, 0.1) is 21.8 Å². The van der Waals surface area contributed by atoms with Crippen LogP contribution in [0.2, 0.25) is 0 Å². The molecule has 5 rings (SSSR count). The van der Waals surface area contributed by atoms with Gasteiger partial charge in [0.2, 0.25) is 0 Å². The highest BCUT2D eigenvalue weighted by atomic mass is 32.1. The first-order valence-corrected chi connectivity index (χ1v) is 10.5. The van der Waals surface area contributed by atoms with Crippen LogP contribution in [-0.2, 0) is 9.59 Å². The molecule has 0 spiro atoms. The minimum absolute atomic E-state index is 0.0426. The Labute approximate surface area is 181 Å². The van der Waals surface area contributed by atoms with Gasteiger partial charge in [-0.2, -0.15) is 0 Å². The monoisotopic (exact) mass is 428 g/mol. The maximum absolute atomic E-state index is 13.2. The molecule has 1 aliphatic heterocycles. The number of carbonyl (C=O) groups is 2. The molecule has 2 heterocycles. The molecule has 31 heavy (non-hydrogen) atoms. The second-order valence-corrected chi connectivity index (χ2v) is 8.25. The van der Waals surface area contributed by atoms with Crippen LogP contribution in [0.15, 0.2) is 84.4 Å². The van der Waals surface area contributed by atoms with Gasteiger partial charge in [-0.15, -0.1) is 0 Å². The first kappa shape index (κ1) is 19.2. The van der Waals surface area contributed by atoms with Crippen LogP contribution >= 0.6 is 11.3 Å². The van der Waals surface area contributed by atoms with Crippen molar-refractivity contribution >= 4 is 49.8 Å². The number of fused-ring (bicyclic) bond motifs is 1. The normalized spacial score (nSPS) is 18.1. The average molecular weight is 428 g/mol. The number of aromatic nitrogens is 1. The number of rotatable bonds is 3. The van der Waals surface area contributed by atoms with Crippen molar-refractivity contribution in [2.75, 3.05) is 4.90 Å². The van der Waals surface area contributed by atoms with E-state index in [0.717, 1.165) is 15.9 Å². The molecule has 152 valence electrons. The van der Waals surface area contributed by atoms with Crippen molar-refractivity contribution in [3.05, 3.63) is 95.6 Å². The lowest BCUT2D eigenvalue weighted by atomic mass is 9.95. The highest BCUT2D eigenvalue weighted by Crippen LogP contribution is 2.44. The van der Waals surface area contributed by atoms with E-state index < -0.39 is 17.7 Å². The number of quaternary nitrogens is 1. The van der Waals surface area contributed by atoms with Gasteiger partial charge in [-0.25, -0.2) is 4.98 Å². The minimum Gasteiger partial charge on any atom is -0.507 e. The summed E-state index contributed by atoms with van der Waals surface area (Å²) in [5.74, 6) is -1.65. The summed E-state index contributed by atoms with van der Waals surface area (Å²) >= 11 is 1.33. The average Bonchev–Trinajstić information content (AvgIpc) is 3.32. The topological polar surface area (TPSA) is 98.1 Å². The van der Waals surface area contributed by atoms with Crippen LogP contribution in [0.5, 0.6) is 0 Å². The molecule has 1 amide bonds. The highest BCUT2D eigenvalue weighted by Gasteiger charge is 2.48. The quantitative estimate of drug-likeness (QED) is 0.295. The van der Waals surface area contributed by atoms with E-state index in [1.807, 2.05) is 54.6 Å². The van der Waals surface area contributed by atoms with E-state index in [0.29, 0.717) is 16.3 Å². The van der Waals surface area contributed by atoms with Gasteiger partial charge in [0.25, 0.3) is 5.78 Å². The van der Waals surface area contributed by atoms with Crippen LogP contribution in [0.3, 0.4) is 0 Å². The number of hydrogen-bond donors (Lipinski definition) is 2. The van der Waals surface area contributed by atoms with Crippen molar-refractivity contribution in [2.45, 2.75) is 6.04 Å². The summed E-state index contributed by atoms with van der Waals surface area (Å²) in [7, 11) is 0. The zero-order chi connectivity index (χ0) is 21.5. The largest absolute Gasteiger partial charge is 0.507 e. The van der Waals surface area contributed by atoms with Gasteiger partial charge in [-0.3, -0.25) is 14.5 Å². The van der Waals surface area contributed by atoms with E-state index in [1.165, 1.54) is 16.2 Å². The van der Waals surface area contributed by atoms with E-state index in [9.17, 15) is 14.7 Å². The van der Waals surface area contributed by atoms with Crippen LogP contribution in [0.25, 0.3) is 16.0 Å². The first-order chi connectivity index (χ1) is 15.0. The lowest BCUT2D eigenvalue weighted by Gasteiger charge is -2.22. The molecule has 3 aromatic carbocycles. The molecule has 6 nitrogen and oxygen atoms in total. The van der Waals surface area contributed by atoms with E-state index in [-0.39, 0.29) is 11.3 Å².